The highest BCUT2D eigenvalue weighted by molar-refractivity contribution is 8.01. The fraction of sp³-hybridized carbons (Fsp3) is 0.600. The largest absolute Gasteiger partial charge is 0.263 e. The average molecular weight is 117 g/mol. The van der Waals surface area contributed by atoms with Crippen molar-refractivity contribution in [1.29, 1.82) is 0 Å². The van der Waals surface area contributed by atoms with Crippen molar-refractivity contribution in [3.63, 3.8) is 0 Å². The molecule has 0 aliphatic heterocycles. The van der Waals surface area contributed by atoms with Gasteiger partial charge in [-0.15, -0.1) is 0 Å². The molecule has 0 heterocycles. The second-order valence-corrected chi connectivity index (χ2v) is 2.46. The molecule has 0 atom stereocenters. The van der Waals surface area contributed by atoms with Crippen molar-refractivity contribution in [1.82, 2.24) is 4.72 Å². The lowest BCUT2D eigenvalue weighted by atomic mass is 10.6. The first-order chi connectivity index (χ1) is 3.31. The van der Waals surface area contributed by atoms with Gasteiger partial charge in [0.25, 0.3) is 0 Å². The topological polar surface area (TPSA) is 12.0 Å². The lowest BCUT2D eigenvalue weighted by molar-refractivity contribution is 1.30. The maximum Gasteiger partial charge on any atom is -0.00532 e. The summed E-state index contributed by atoms with van der Waals surface area (Å²) in [6.07, 6.45) is 2.07. The van der Waals surface area contributed by atoms with Crippen LogP contribution in [0.3, 0.4) is 0 Å². The molecule has 0 aromatic heterocycles. The van der Waals surface area contributed by atoms with Crippen LogP contribution in [-0.2, 0) is 0 Å². The monoisotopic (exact) mass is 117 g/mol. The van der Waals surface area contributed by atoms with E-state index < -0.39 is 0 Å². The molecule has 0 unspecified atom stereocenters. The van der Waals surface area contributed by atoms with E-state index in [1.807, 2.05) is 14.0 Å². The van der Waals surface area contributed by atoms with E-state index in [-0.39, 0.29) is 0 Å². The molecule has 2 heteroatoms. The van der Waals surface area contributed by atoms with Gasteiger partial charge in [-0.2, -0.15) is 0 Å². The van der Waals surface area contributed by atoms with Gasteiger partial charge in [-0.1, -0.05) is 18.0 Å². The maximum absolute atomic E-state index is 2.97. The molecule has 0 aliphatic rings. The molecule has 42 valence electrons. The summed E-state index contributed by atoms with van der Waals surface area (Å²) in [5.41, 5.74) is 0. The van der Waals surface area contributed by atoms with E-state index in [0.29, 0.717) is 0 Å². The molecule has 0 spiro atoms. The molecule has 0 saturated carbocycles. The van der Waals surface area contributed by atoms with E-state index in [0.717, 1.165) is 0 Å². The van der Waals surface area contributed by atoms with Gasteiger partial charge in [0.15, 0.2) is 0 Å². The lowest BCUT2D eigenvalue weighted by Crippen LogP contribution is -1.89. The van der Waals surface area contributed by atoms with Crippen LogP contribution < -0.4 is 4.72 Å². The van der Waals surface area contributed by atoms with Crippen LogP contribution in [-0.4, -0.2) is 7.05 Å². The molecular formula is C5H11NS. The summed E-state index contributed by atoms with van der Waals surface area (Å²) in [6.45, 7) is 4.10. The van der Waals surface area contributed by atoms with Gasteiger partial charge in [0.1, 0.15) is 0 Å². The SMILES string of the molecule is C/C=C(/C)SNC. The molecule has 0 saturated heterocycles. The first kappa shape index (κ1) is 7.05. The third-order valence-corrected chi connectivity index (χ3v) is 1.43. The zero-order chi connectivity index (χ0) is 5.70. The van der Waals surface area contributed by atoms with E-state index in [1.54, 1.807) is 11.9 Å². The Kier molecular flexibility index (Phi) is 4.25. The number of rotatable bonds is 2. The second-order valence-electron chi connectivity index (χ2n) is 1.21. The Bertz CT molecular complexity index is 68.5. The molecular weight excluding hydrogens is 106 g/mol. The normalized spacial score (nSPS) is 12.1. The minimum absolute atomic E-state index is 1.31. The Morgan fingerprint density at radius 1 is 1.71 bits per heavy atom. The minimum atomic E-state index is 1.31. The smallest absolute Gasteiger partial charge is 0.00532 e. The summed E-state index contributed by atoms with van der Waals surface area (Å²) in [7, 11) is 1.91. The zero-order valence-corrected chi connectivity index (χ0v) is 5.80. The highest BCUT2D eigenvalue weighted by Gasteiger charge is 1.79. The Labute approximate surface area is 49.3 Å². The van der Waals surface area contributed by atoms with Crippen LogP contribution in [0.2, 0.25) is 0 Å². The molecule has 0 aromatic carbocycles. The van der Waals surface area contributed by atoms with Crippen molar-refractivity contribution in [2.45, 2.75) is 13.8 Å². The molecule has 0 radical (unpaired) electrons. The number of allylic oxidation sites excluding steroid dienone is 2. The molecule has 0 fully saturated rings. The van der Waals surface area contributed by atoms with Crippen LogP contribution >= 0.6 is 11.9 Å². The zero-order valence-electron chi connectivity index (χ0n) is 4.99. The van der Waals surface area contributed by atoms with Crippen LogP contribution in [0.25, 0.3) is 0 Å². The van der Waals surface area contributed by atoms with Crippen LogP contribution in [0.15, 0.2) is 11.0 Å². The molecule has 0 aromatic rings. The minimum Gasteiger partial charge on any atom is -0.263 e. The van der Waals surface area contributed by atoms with E-state index in [1.165, 1.54) is 4.91 Å². The predicted molar refractivity (Wildman–Crippen MR) is 36.1 cm³/mol. The third kappa shape index (κ3) is 3.89. The summed E-state index contributed by atoms with van der Waals surface area (Å²) < 4.78 is 2.97. The van der Waals surface area contributed by atoms with E-state index in [2.05, 4.69) is 17.7 Å². The fourth-order valence-corrected chi connectivity index (χ4v) is 0.660. The molecule has 0 amide bonds. The van der Waals surface area contributed by atoms with Crippen molar-refractivity contribution in [2.24, 2.45) is 0 Å². The summed E-state index contributed by atoms with van der Waals surface area (Å²) in [6, 6.07) is 0. The average Bonchev–Trinajstić information content (AvgIpc) is 1.68. The Morgan fingerprint density at radius 3 is 2.43 bits per heavy atom. The van der Waals surface area contributed by atoms with Crippen molar-refractivity contribution in [3.05, 3.63) is 11.0 Å². The molecule has 0 aliphatic carbocycles. The van der Waals surface area contributed by atoms with Gasteiger partial charge in [0, 0.05) is 0 Å². The first-order valence-corrected chi connectivity index (χ1v) is 3.09. The van der Waals surface area contributed by atoms with E-state index in [4.69, 9.17) is 0 Å². The second kappa shape index (κ2) is 4.22. The summed E-state index contributed by atoms with van der Waals surface area (Å²) >= 11 is 1.64. The summed E-state index contributed by atoms with van der Waals surface area (Å²) in [5.74, 6) is 0. The van der Waals surface area contributed by atoms with Crippen LogP contribution in [0, 0.1) is 0 Å². The van der Waals surface area contributed by atoms with Gasteiger partial charge in [0.05, 0.1) is 0 Å². The number of hydrogen-bond acceptors (Lipinski definition) is 2. The predicted octanol–water partition coefficient (Wildman–Crippen LogP) is 1.78. The van der Waals surface area contributed by atoms with Gasteiger partial charge in [-0.05, 0) is 25.8 Å². The summed E-state index contributed by atoms with van der Waals surface area (Å²) in [5, 5.41) is 0. The van der Waals surface area contributed by atoms with Crippen molar-refractivity contribution in [3.8, 4) is 0 Å². The van der Waals surface area contributed by atoms with Crippen LogP contribution in [0.4, 0.5) is 0 Å². The third-order valence-electron chi connectivity index (χ3n) is 0.670. The van der Waals surface area contributed by atoms with Gasteiger partial charge in [0.2, 0.25) is 0 Å². The highest BCUT2D eigenvalue weighted by Crippen LogP contribution is 2.06. The van der Waals surface area contributed by atoms with E-state index in [9.17, 15) is 0 Å². The Hall–Kier alpha value is 0.0500. The first-order valence-electron chi connectivity index (χ1n) is 2.27. The Morgan fingerprint density at radius 2 is 2.29 bits per heavy atom. The number of nitrogens with one attached hydrogen (secondary N) is 1. The van der Waals surface area contributed by atoms with Crippen molar-refractivity contribution >= 4 is 11.9 Å². The molecule has 1 nitrogen and oxygen atoms in total. The lowest BCUT2D eigenvalue weighted by Gasteiger charge is -1.92. The molecule has 7 heavy (non-hydrogen) atoms. The molecule has 1 N–H and O–H groups in total. The highest BCUT2D eigenvalue weighted by atomic mass is 32.2. The van der Waals surface area contributed by atoms with Crippen molar-refractivity contribution in [2.75, 3.05) is 7.05 Å². The summed E-state index contributed by atoms with van der Waals surface area (Å²) in [4.78, 5) is 1.31. The fourth-order valence-electron chi connectivity index (χ4n) is 0.220. The molecule has 0 rings (SSSR count). The molecule has 0 bridgehead atoms. The van der Waals surface area contributed by atoms with Gasteiger partial charge in [-0.3, -0.25) is 4.72 Å². The van der Waals surface area contributed by atoms with Crippen LogP contribution in [0.1, 0.15) is 13.8 Å². The van der Waals surface area contributed by atoms with Gasteiger partial charge < -0.3 is 0 Å². The van der Waals surface area contributed by atoms with E-state index >= 15 is 0 Å². The standard InChI is InChI=1S/C5H11NS/c1-4-5(2)7-6-3/h4,6H,1-3H3/b5-4-. The maximum atomic E-state index is 2.97. The number of hydrogen-bond donors (Lipinski definition) is 1. The van der Waals surface area contributed by atoms with Gasteiger partial charge in [-0.25, -0.2) is 0 Å². The van der Waals surface area contributed by atoms with Gasteiger partial charge >= 0.3 is 0 Å². The van der Waals surface area contributed by atoms with Crippen LogP contribution in [0.5, 0.6) is 0 Å². The quantitative estimate of drug-likeness (QED) is 0.553. The Balaban J connectivity index is 3.17. The van der Waals surface area contributed by atoms with Crippen molar-refractivity contribution < 1.29 is 0 Å².